The van der Waals surface area contributed by atoms with Crippen LogP contribution in [0.4, 0.5) is 10.5 Å². The largest absolute Gasteiger partial charge is 0.494 e. The molecule has 8 heteroatoms. The van der Waals surface area contributed by atoms with Crippen molar-refractivity contribution in [3.8, 4) is 5.75 Å². The van der Waals surface area contributed by atoms with Crippen LogP contribution in [-0.4, -0.2) is 62.2 Å². The van der Waals surface area contributed by atoms with Crippen molar-refractivity contribution in [3.63, 3.8) is 0 Å². The molecule has 0 aromatic heterocycles. The highest BCUT2D eigenvalue weighted by Gasteiger charge is 2.33. The fourth-order valence-electron chi connectivity index (χ4n) is 4.58. The molecule has 1 N–H and O–H groups in total. The molecule has 0 atom stereocenters. The Hall–Kier alpha value is -3.55. The van der Waals surface area contributed by atoms with Crippen LogP contribution in [0.5, 0.6) is 5.75 Å². The van der Waals surface area contributed by atoms with Gasteiger partial charge in [0, 0.05) is 43.3 Å². The van der Waals surface area contributed by atoms with Crippen molar-refractivity contribution in [2.24, 2.45) is 0 Å². The lowest BCUT2D eigenvalue weighted by Gasteiger charge is -2.41. The van der Waals surface area contributed by atoms with E-state index in [9.17, 15) is 14.4 Å². The number of para-hydroxylation sites is 1. The normalized spacial score (nSPS) is 16.1. The Bertz CT molecular complexity index is 1020. The third kappa shape index (κ3) is 5.50. The molecule has 2 aliphatic rings. The van der Waals surface area contributed by atoms with E-state index in [0.29, 0.717) is 50.4 Å². The average molecular weight is 466 g/mol. The summed E-state index contributed by atoms with van der Waals surface area (Å²) >= 11 is 0. The van der Waals surface area contributed by atoms with Crippen molar-refractivity contribution in [1.29, 1.82) is 0 Å². The number of hydrogen-bond acceptors (Lipinski definition) is 5. The number of aryl methyl sites for hydroxylation is 1. The number of methoxy groups -OCH3 is 1. The summed E-state index contributed by atoms with van der Waals surface area (Å²) in [5.41, 5.74) is 2.88. The molecule has 0 radical (unpaired) electrons. The average Bonchev–Trinajstić information content (AvgIpc) is 2.88. The third-order valence-electron chi connectivity index (χ3n) is 6.39. The number of alkyl carbamates (subject to hydrolysis) is 1. The summed E-state index contributed by atoms with van der Waals surface area (Å²) in [6.07, 6.45) is 3.08. The number of anilines is 1. The molecule has 34 heavy (non-hydrogen) atoms. The molecule has 0 saturated carbocycles. The fraction of sp³-hybridized carbons (Fsp3) is 0.423. The summed E-state index contributed by atoms with van der Waals surface area (Å²) < 4.78 is 10.2. The molecule has 2 aliphatic heterocycles. The van der Waals surface area contributed by atoms with Crippen LogP contribution in [0.2, 0.25) is 0 Å². The van der Waals surface area contributed by atoms with Gasteiger partial charge in [-0.15, -0.1) is 0 Å². The molecule has 8 nitrogen and oxygen atoms in total. The van der Waals surface area contributed by atoms with Gasteiger partial charge in [0.2, 0.25) is 5.91 Å². The van der Waals surface area contributed by atoms with Gasteiger partial charge in [0.25, 0.3) is 5.91 Å². The second-order valence-corrected chi connectivity index (χ2v) is 8.56. The Morgan fingerprint density at radius 1 is 1.03 bits per heavy atom. The van der Waals surface area contributed by atoms with Crippen LogP contribution in [0, 0.1) is 0 Å². The molecule has 0 spiro atoms. The number of hydrogen-bond donors (Lipinski definition) is 1. The molecular weight excluding hydrogens is 434 g/mol. The van der Waals surface area contributed by atoms with E-state index in [-0.39, 0.29) is 17.9 Å². The standard InChI is InChI=1S/C26H31N3O5/c1-33-26(32)27-15-4-18-34-22-10-7-20(8-11-22)25(31)28-16-13-21(14-17-28)29-23-6-3-2-5-19(23)9-12-24(29)30/h2-3,5-8,10-11,21H,4,9,12-18H2,1H3,(H,27,32). The zero-order valence-corrected chi connectivity index (χ0v) is 19.5. The second kappa shape index (κ2) is 11.0. The van der Waals surface area contributed by atoms with Crippen molar-refractivity contribution >= 4 is 23.6 Å². The van der Waals surface area contributed by atoms with Crippen molar-refractivity contribution in [2.75, 3.05) is 38.3 Å². The van der Waals surface area contributed by atoms with Gasteiger partial charge in [0.15, 0.2) is 0 Å². The maximum atomic E-state index is 13.0. The Morgan fingerprint density at radius 3 is 2.50 bits per heavy atom. The van der Waals surface area contributed by atoms with Gasteiger partial charge >= 0.3 is 6.09 Å². The van der Waals surface area contributed by atoms with Crippen LogP contribution in [0.15, 0.2) is 48.5 Å². The number of benzene rings is 2. The van der Waals surface area contributed by atoms with Crippen LogP contribution in [-0.2, 0) is 16.0 Å². The van der Waals surface area contributed by atoms with Crippen LogP contribution in [0.25, 0.3) is 0 Å². The van der Waals surface area contributed by atoms with Gasteiger partial charge in [-0.25, -0.2) is 4.79 Å². The molecule has 1 fully saturated rings. The highest BCUT2D eigenvalue weighted by molar-refractivity contribution is 5.97. The monoisotopic (exact) mass is 465 g/mol. The number of rotatable bonds is 7. The number of piperidine rings is 1. The quantitative estimate of drug-likeness (QED) is 0.634. The van der Waals surface area contributed by atoms with Crippen LogP contribution >= 0.6 is 0 Å². The van der Waals surface area contributed by atoms with E-state index in [4.69, 9.17) is 4.74 Å². The van der Waals surface area contributed by atoms with Gasteiger partial charge in [-0.2, -0.15) is 0 Å². The van der Waals surface area contributed by atoms with Gasteiger partial charge in [-0.3, -0.25) is 9.59 Å². The number of nitrogens with one attached hydrogen (secondary N) is 1. The highest BCUT2D eigenvalue weighted by Crippen LogP contribution is 2.32. The molecule has 180 valence electrons. The number of amides is 3. The van der Waals surface area contributed by atoms with E-state index in [0.717, 1.165) is 24.9 Å². The predicted molar refractivity (Wildman–Crippen MR) is 128 cm³/mol. The minimum atomic E-state index is -0.459. The number of carbonyl (C=O) groups is 3. The molecule has 0 bridgehead atoms. The number of nitrogens with zero attached hydrogens (tertiary/aromatic N) is 2. The summed E-state index contributed by atoms with van der Waals surface area (Å²) in [4.78, 5) is 40.5. The van der Waals surface area contributed by atoms with Gasteiger partial charge in [-0.05, 0) is 61.6 Å². The summed E-state index contributed by atoms with van der Waals surface area (Å²) in [6.45, 7) is 2.17. The number of fused-ring (bicyclic) bond motifs is 1. The highest BCUT2D eigenvalue weighted by atomic mass is 16.5. The van der Waals surface area contributed by atoms with Gasteiger partial charge in [0.05, 0.1) is 13.7 Å². The smallest absolute Gasteiger partial charge is 0.406 e. The van der Waals surface area contributed by atoms with Crippen molar-refractivity contribution in [1.82, 2.24) is 10.2 Å². The lowest BCUT2D eigenvalue weighted by molar-refractivity contribution is -0.119. The Kier molecular flexibility index (Phi) is 7.67. The fourth-order valence-corrected chi connectivity index (χ4v) is 4.58. The van der Waals surface area contributed by atoms with Gasteiger partial charge < -0.3 is 24.6 Å². The Balaban J connectivity index is 1.27. The maximum Gasteiger partial charge on any atom is 0.406 e. The minimum absolute atomic E-state index is 0.00218. The minimum Gasteiger partial charge on any atom is -0.494 e. The van der Waals surface area contributed by atoms with Crippen molar-refractivity contribution < 1.29 is 23.9 Å². The number of likely N-dealkylation sites (tertiary alicyclic amines) is 1. The molecular formula is C26H31N3O5. The van der Waals surface area contributed by atoms with Crippen LogP contribution in [0.1, 0.15) is 41.6 Å². The zero-order valence-electron chi connectivity index (χ0n) is 19.5. The van der Waals surface area contributed by atoms with E-state index in [1.807, 2.05) is 28.0 Å². The van der Waals surface area contributed by atoms with E-state index in [1.165, 1.54) is 12.7 Å². The second-order valence-electron chi connectivity index (χ2n) is 8.56. The van der Waals surface area contributed by atoms with E-state index >= 15 is 0 Å². The SMILES string of the molecule is COC(=O)NCCCOc1ccc(C(=O)N2CCC(N3C(=O)CCc4ccccc43)CC2)cc1. The predicted octanol–water partition coefficient (Wildman–Crippen LogP) is 3.40. The first kappa shape index (κ1) is 23.6. The third-order valence-corrected chi connectivity index (χ3v) is 6.39. The van der Waals surface area contributed by atoms with Gasteiger partial charge in [-0.1, -0.05) is 18.2 Å². The van der Waals surface area contributed by atoms with Crippen molar-refractivity contribution in [2.45, 2.75) is 38.1 Å². The Morgan fingerprint density at radius 2 is 1.76 bits per heavy atom. The summed E-state index contributed by atoms with van der Waals surface area (Å²) in [5, 5.41) is 2.60. The van der Waals surface area contributed by atoms with E-state index < -0.39 is 6.09 Å². The number of ether oxygens (including phenoxy) is 2. The molecule has 0 aliphatic carbocycles. The Labute approximate surface area is 199 Å². The van der Waals surface area contributed by atoms with Crippen LogP contribution in [0.3, 0.4) is 0 Å². The lowest BCUT2D eigenvalue weighted by atomic mass is 9.95. The molecule has 0 unspecified atom stereocenters. The zero-order chi connectivity index (χ0) is 23.9. The molecule has 1 saturated heterocycles. The summed E-state index contributed by atoms with van der Waals surface area (Å²) in [6, 6.07) is 15.4. The summed E-state index contributed by atoms with van der Waals surface area (Å²) in [5.74, 6) is 0.855. The lowest BCUT2D eigenvalue weighted by Crippen LogP contribution is -2.50. The molecule has 3 amide bonds. The van der Waals surface area contributed by atoms with Crippen LogP contribution < -0.4 is 15.0 Å². The molecule has 4 rings (SSSR count). The topological polar surface area (TPSA) is 88.2 Å². The molecule has 2 heterocycles. The van der Waals surface area contributed by atoms with Gasteiger partial charge in [0.1, 0.15) is 5.75 Å². The summed E-state index contributed by atoms with van der Waals surface area (Å²) in [7, 11) is 1.33. The first-order chi connectivity index (χ1) is 16.6. The number of carbonyl (C=O) groups excluding carboxylic acids is 3. The van der Waals surface area contributed by atoms with Crippen molar-refractivity contribution in [3.05, 3.63) is 59.7 Å². The van der Waals surface area contributed by atoms with E-state index in [1.54, 1.807) is 24.3 Å². The first-order valence-electron chi connectivity index (χ1n) is 11.8. The molecule has 2 aromatic rings. The molecule has 2 aromatic carbocycles. The first-order valence-corrected chi connectivity index (χ1v) is 11.8. The maximum absolute atomic E-state index is 13.0. The van der Waals surface area contributed by atoms with E-state index in [2.05, 4.69) is 16.1 Å².